The van der Waals surface area contributed by atoms with Crippen molar-refractivity contribution >= 4 is 10.9 Å². The van der Waals surface area contributed by atoms with Crippen LogP contribution in [0.4, 0.5) is 0 Å². The maximum atomic E-state index is 6.54. The van der Waals surface area contributed by atoms with Gasteiger partial charge in [0.2, 0.25) is 12.1 Å². The number of fused-ring (bicyclic) bond motifs is 3. The molecule has 30 heavy (non-hydrogen) atoms. The number of hydrogen-bond acceptors (Lipinski definition) is 6. The first-order valence-electron chi connectivity index (χ1n) is 11.2. The number of aromatic nitrogens is 1. The van der Waals surface area contributed by atoms with E-state index in [1.807, 2.05) is 37.3 Å². The van der Waals surface area contributed by atoms with E-state index in [2.05, 4.69) is 18.8 Å². The van der Waals surface area contributed by atoms with Crippen LogP contribution in [0.3, 0.4) is 0 Å². The van der Waals surface area contributed by atoms with E-state index in [4.69, 9.17) is 24.0 Å². The van der Waals surface area contributed by atoms with E-state index in [1.54, 1.807) is 6.20 Å². The zero-order valence-corrected chi connectivity index (χ0v) is 17.7. The van der Waals surface area contributed by atoms with Crippen LogP contribution in [-0.4, -0.2) is 29.0 Å². The largest absolute Gasteiger partial charge is 0.464 e. The van der Waals surface area contributed by atoms with E-state index in [0.717, 1.165) is 35.9 Å². The third kappa shape index (κ3) is 2.60. The minimum Gasteiger partial charge on any atom is -0.464 e. The molecule has 0 unspecified atom stereocenters. The van der Waals surface area contributed by atoms with Crippen LogP contribution in [0.5, 0.6) is 5.75 Å². The van der Waals surface area contributed by atoms with Crippen molar-refractivity contribution < 1.29 is 24.0 Å². The SMILES string of the molecule is C[C@H]1[C@@H](Oc2ccnc3ccccc23)O[C@@H]2O[C@]3(C)CC[C@H]4[C@H](C)CC[C@@H]1[C@@]24OO3. The van der Waals surface area contributed by atoms with Crippen LogP contribution in [-0.2, 0) is 19.2 Å². The molecule has 0 amide bonds. The van der Waals surface area contributed by atoms with Gasteiger partial charge < -0.3 is 14.2 Å². The predicted octanol–water partition coefficient (Wildman–Crippen LogP) is 4.82. The molecule has 7 rings (SSSR count). The zero-order chi connectivity index (χ0) is 20.5. The number of para-hydroxylation sites is 1. The topological polar surface area (TPSA) is 59.0 Å². The highest BCUT2D eigenvalue weighted by Crippen LogP contribution is 2.60. The summed E-state index contributed by atoms with van der Waals surface area (Å²) < 4.78 is 19.4. The van der Waals surface area contributed by atoms with Crippen LogP contribution in [0.15, 0.2) is 36.5 Å². The monoisotopic (exact) mass is 411 g/mol. The van der Waals surface area contributed by atoms with Gasteiger partial charge in [-0.1, -0.05) is 26.0 Å². The van der Waals surface area contributed by atoms with Crippen molar-refractivity contribution in [1.29, 1.82) is 0 Å². The quantitative estimate of drug-likeness (QED) is 0.660. The molecule has 0 radical (unpaired) electrons. The van der Waals surface area contributed by atoms with E-state index in [0.29, 0.717) is 11.8 Å². The number of benzene rings is 1. The summed E-state index contributed by atoms with van der Waals surface area (Å²) in [5.41, 5.74) is 0.350. The lowest BCUT2D eigenvalue weighted by atomic mass is 9.58. The highest BCUT2D eigenvalue weighted by Gasteiger charge is 2.69. The molecule has 5 aliphatic rings. The summed E-state index contributed by atoms with van der Waals surface area (Å²) in [5, 5.41) is 0.987. The van der Waals surface area contributed by atoms with Gasteiger partial charge in [0.1, 0.15) is 5.75 Å². The van der Waals surface area contributed by atoms with E-state index < -0.39 is 24.0 Å². The second kappa shape index (κ2) is 6.63. The summed E-state index contributed by atoms with van der Waals surface area (Å²) in [7, 11) is 0. The van der Waals surface area contributed by atoms with Crippen molar-refractivity contribution in [3.05, 3.63) is 36.5 Å². The summed E-state index contributed by atoms with van der Waals surface area (Å²) in [6.07, 6.45) is 4.94. The summed E-state index contributed by atoms with van der Waals surface area (Å²) in [6.45, 7) is 6.48. The Morgan fingerprint density at radius 2 is 1.90 bits per heavy atom. The van der Waals surface area contributed by atoms with Crippen molar-refractivity contribution in [2.24, 2.45) is 23.7 Å². The predicted molar refractivity (Wildman–Crippen MR) is 109 cm³/mol. The molecule has 1 aromatic heterocycles. The average molecular weight is 411 g/mol. The second-order valence-corrected chi connectivity index (χ2v) is 9.72. The van der Waals surface area contributed by atoms with Crippen molar-refractivity contribution in [1.82, 2.24) is 4.98 Å². The molecular weight excluding hydrogens is 382 g/mol. The van der Waals surface area contributed by atoms with Gasteiger partial charge in [-0.25, -0.2) is 9.78 Å². The Morgan fingerprint density at radius 1 is 1.03 bits per heavy atom. The van der Waals surface area contributed by atoms with Gasteiger partial charge in [-0.15, -0.1) is 0 Å². The lowest BCUT2D eigenvalue weighted by molar-refractivity contribution is -0.575. The summed E-state index contributed by atoms with van der Waals surface area (Å²) in [6, 6.07) is 9.93. The Hall–Kier alpha value is -1.73. The first kappa shape index (κ1) is 19.0. The van der Waals surface area contributed by atoms with Crippen molar-refractivity contribution in [3.63, 3.8) is 0 Å². The molecule has 5 fully saturated rings. The molecule has 1 aliphatic carbocycles. The first-order chi connectivity index (χ1) is 14.5. The zero-order valence-electron chi connectivity index (χ0n) is 17.7. The molecule has 2 aromatic rings. The number of hydrogen-bond donors (Lipinski definition) is 0. The lowest BCUT2D eigenvalue weighted by Gasteiger charge is -2.60. The Labute approximate surface area is 176 Å². The first-order valence-corrected chi connectivity index (χ1v) is 11.2. The van der Waals surface area contributed by atoms with Crippen LogP contribution >= 0.6 is 0 Å². The molecule has 0 N–H and O–H groups in total. The normalized spacial score (nSPS) is 45.0. The van der Waals surface area contributed by atoms with Gasteiger partial charge >= 0.3 is 0 Å². The van der Waals surface area contributed by atoms with Crippen LogP contribution in [0.25, 0.3) is 10.9 Å². The van der Waals surface area contributed by atoms with E-state index in [-0.39, 0.29) is 11.8 Å². The Morgan fingerprint density at radius 3 is 2.80 bits per heavy atom. The van der Waals surface area contributed by atoms with E-state index in [9.17, 15) is 0 Å². The third-order valence-electron chi connectivity index (χ3n) is 7.95. The van der Waals surface area contributed by atoms with Crippen LogP contribution < -0.4 is 4.74 Å². The molecule has 5 heterocycles. The van der Waals surface area contributed by atoms with E-state index in [1.165, 1.54) is 6.42 Å². The molecule has 2 bridgehead atoms. The van der Waals surface area contributed by atoms with Crippen LogP contribution in [0.1, 0.15) is 46.5 Å². The molecule has 1 aromatic carbocycles. The Kier molecular flexibility index (Phi) is 4.20. The van der Waals surface area contributed by atoms with Crippen molar-refractivity contribution in [2.75, 3.05) is 0 Å². The standard InChI is InChI=1S/C24H29NO5/c1-14-8-9-18-15(2)21(26-20-11-13-25-19-7-5-4-6-16(19)20)27-22-24(18)17(14)10-12-23(3,28-22)29-30-24/h4-7,11,13-15,17-18,21-22H,8-10,12H2,1-3H3/t14-,15-,17+,18+,21+,22-,23+,24-/m1/s1. The highest BCUT2D eigenvalue weighted by atomic mass is 17.3. The summed E-state index contributed by atoms with van der Waals surface area (Å²) in [5.74, 6) is 1.31. The number of ether oxygens (including phenoxy) is 3. The number of pyridine rings is 1. The molecular formula is C24H29NO5. The second-order valence-electron chi connectivity index (χ2n) is 9.72. The molecule has 1 saturated carbocycles. The van der Waals surface area contributed by atoms with Gasteiger partial charge in [0.05, 0.1) is 5.52 Å². The maximum Gasteiger partial charge on any atom is 0.205 e. The molecule has 4 saturated heterocycles. The van der Waals surface area contributed by atoms with Crippen LogP contribution in [0, 0.1) is 23.7 Å². The van der Waals surface area contributed by atoms with Gasteiger partial charge in [-0.2, -0.15) is 0 Å². The Bertz CT molecular complexity index is 962. The maximum absolute atomic E-state index is 6.54. The molecule has 6 heteroatoms. The van der Waals surface area contributed by atoms with Gasteiger partial charge in [-0.05, 0) is 56.2 Å². The minimum atomic E-state index is -0.772. The molecule has 1 spiro atoms. The molecule has 8 atom stereocenters. The van der Waals surface area contributed by atoms with Gasteiger partial charge in [0.15, 0.2) is 11.9 Å². The highest BCUT2D eigenvalue weighted by molar-refractivity contribution is 5.84. The molecule has 160 valence electrons. The minimum absolute atomic E-state index is 0.137. The fourth-order valence-corrected chi connectivity index (χ4v) is 6.30. The summed E-state index contributed by atoms with van der Waals surface area (Å²) in [4.78, 5) is 16.5. The average Bonchev–Trinajstić information content (AvgIpc) is 2.98. The fraction of sp³-hybridized carbons (Fsp3) is 0.625. The van der Waals surface area contributed by atoms with Crippen molar-refractivity contribution in [3.8, 4) is 5.75 Å². The molecule has 4 aliphatic heterocycles. The van der Waals surface area contributed by atoms with Gasteiger partial charge in [-0.3, -0.25) is 4.98 Å². The smallest absolute Gasteiger partial charge is 0.205 e. The van der Waals surface area contributed by atoms with Gasteiger partial charge in [0.25, 0.3) is 0 Å². The molecule has 6 nitrogen and oxygen atoms in total. The fourth-order valence-electron chi connectivity index (χ4n) is 6.30. The van der Waals surface area contributed by atoms with Crippen LogP contribution in [0.2, 0.25) is 0 Å². The summed E-state index contributed by atoms with van der Waals surface area (Å²) >= 11 is 0. The number of rotatable bonds is 2. The lowest BCUT2D eigenvalue weighted by Crippen LogP contribution is -2.70. The third-order valence-corrected chi connectivity index (χ3v) is 7.95. The Balaban J connectivity index is 1.38. The van der Waals surface area contributed by atoms with Gasteiger partial charge in [0, 0.05) is 29.8 Å². The van der Waals surface area contributed by atoms with E-state index >= 15 is 0 Å². The van der Waals surface area contributed by atoms with Crippen molar-refractivity contribution in [2.45, 2.75) is 70.4 Å². The number of nitrogens with zero attached hydrogens (tertiary/aromatic N) is 1.